The molecule has 1 fully saturated rings. The fourth-order valence-corrected chi connectivity index (χ4v) is 19.7. The van der Waals surface area contributed by atoms with E-state index < -0.39 is 0 Å². The van der Waals surface area contributed by atoms with Crippen molar-refractivity contribution in [3.63, 3.8) is 0 Å². The van der Waals surface area contributed by atoms with Gasteiger partial charge in [0.15, 0.2) is 0 Å². The average Bonchev–Trinajstić information content (AvgIpc) is 4.07. The molecule has 0 aromatic heterocycles. The third kappa shape index (κ3) is 2.93. The number of benzene rings is 8. The molecule has 6 atom stereocenters. The number of allylic oxidation sites excluding steroid dienone is 2. The van der Waals surface area contributed by atoms with Crippen LogP contribution in [0.5, 0.6) is 0 Å². The van der Waals surface area contributed by atoms with Crippen LogP contribution in [0.1, 0.15) is 126 Å². The van der Waals surface area contributed by atoms with Gasteiger partial charge in [-0.15, -0.1) is 0 Å². The predicted octanol–water partition coefficient (Wildman–Crippen LogP) is 14.3. The minimum Gasteiger partial charge on any atom is -0.469 e. The average molecular weight is 847 g/mol. The number of rotatable bonds is 12. The molecule has 0 aliphatic heterocycles. The van der Waals surface area contributed by atoms with Gasteiger partial charge in [-0.2, -0.15) is 0 Å². The highest BCUT2D eigenvalue weighted by Crippen LogP contribution is 2.91. The number of ether oxygens (including phenoxy) is 1. The van der Waals surface area contributed by atoms with E-state index in [4.69, 9.17) is 4.74 Å². The molecular formula is C64H46O2. The Morgan fingerprint density at radius 3 is 2.23 bits per heavy atom. The van der Waals surface area contributed by atoms with Gasteiger partial charge in [0.1, 0.15) is 0 Å². The van der Waals surface area contributed by atoms with Crippen molar-refractivity contribution in [3.05, 3.63) is 152 Å². The fourth-order valence-electron chi connectivity index (χ4n) is 19.7. The zero-order chi connectivity index (χ0) is 42.7. The van der Waals surface area contributed by atoms with E-state index in [1.807, 2.05) is 0 Å². The summed E-state index contributed by atoms with van der Waals surface area (Å²) in [6.45, 7) is 2.37. The molecule has 11 aromatic rings. The van der Waals surface area contributed by atoms with Crippen LogP contribution in [0.4, 0.5) is 0 Å². The second-order valence-corrected chi connectivity index (χ2v) is 22.8. The zero-order valence-electron chi connectivity index (χ0n) is 37.5. The first-order chi connectivity index (χ1) is 32.5. The second kappa shape index (κ2) is 10.2. The summed E-state index contributed by atoms with van der Waals surface area (Å²) in [7, 11) is 1.54. The van der Waals surface area contributed by atoms with Crippen molar-refractivity contribution in [2.75, 3.05) is 7.11 Å². The Bertz CT molecular complexity index is 4290. The lowest BCUT2D eigenvalue weighted by Gasteiger charge is -2.50. The Labute approximate surface area is 381 Å². The number of carbonyl (C=O) groups excluding carboxylic acids is 1. The van der Waals surface area contributed by atoms with Crippen molar-refractivity contribution < 1.29 is 9.53 Å². The first kappa shape index (κ1) is 34.1. The maximum atomic E-state index is 12.6. The summed E-state index contributed by atoms with van der Waals surface area (Å²) < 4.78 is 5.21. The molecular weight excluding hydrogens is 801 g/mol. The van der Waals surface area contributed by atoms with E-state index in [1.54, 1.807) is 125 Å². The lowest BCUT2D eigenvalue weighted by atomic mass is 9.52. The van der Waals surface area contributed by atoms with Crippen molar-refractivity contribution >= 4 is 104 Å². The molecule has 0 amide bonds. The summed E-state index contributed by atoms with van der Waals surface area (Å²) in [4.78, 5) is 12.6. The van der Waals surface area contributed by atoms with Crippen molar-refractivity contribution in [2.45, 2.75) is 100 Å². The quantitative estimate of drug-likeness (QED) is 0.0696. The monoisotopic (exact) mass is 846 g/mol. The van der Waals surface area contributed by atoms with Crippen LogP contribution in [-0.2, 0) is 39.6 Å². The summed E-state index contributed by atoms with van der Waals surface area (Å²) in [6, 6.07) is 34.4. The lowest BCUT2D eigenvalue weighted by molar-refractivity contribution is -0.140. The van der Waals surface area contributed by atoms with E-state index in [2.05, 4.69) is 104 Å². The van der Waals surface area contributed by atoms with Crippen LogP contribution in [0.25, 0.3) is 97.8 Å². The van der Waals surface area contributed by atoms with Gasteiger partial charge in [-0.25, -0.2) is 0 Å². The molecule has 6 unspecified atom stereocenters. The third-order valence-electron chi connectivity index (χ3n) is 21.0. The van der Waals surface area contributed by atoms with E-state index in [1.165, 1.54) is 59.9 Å². The van der Waals surface area contributed by atoms with Gasteiger partial charge < -0.3 is 4.74 Å². The van der Waals surface area contributed by atoms with Crippen LogP contribution < -0.4 is 5.22 Å². The van der Waals surface area contributed by atoms with Gasteiger partial charge in [0.05, 0.1) is 7.11 Å². The molecule has 0 radical (unpaired) electrons. The van der Waals surface area contributed by atoms with Gasteiger partial charge in [0.2, 0.25) is 0 Å². The summed E-state index contributed by atoms with van der Waals surface area (Å²) >= 11 is 0. The Balaban J connectivity index is 1.03. The van der Waals surface area contributed by atoms with Crippen LogP contribution >= 0.6 is 0 Å². The number of esters is 1. The predicted molar refractivity (Wildman–Crippen MR) is 269 cm³/mol. The molecule has 8 aliphatic rings. The van der Waals surface area contributed by atoms with E-state index in [9.17, 15) is 4.79 Å². The molecule has 314 valence electrons. The molecule has 0 N–H and O–H groups in total. The molecule has 11 aromatic carbocycles. The Hall–Kier alpha value is -6.25. The molecule has 0 heterocycles. The first-order valence-corrected chi connectivity index (χ1v) is 25.5. The van der Waals surface area contributed by atoms with Crippen molar-refractivity contribution in [2.24, 2.45) is 10.8 Å². The molecule has 2 nitrogen and oxygen atoms in total. The van der Waals surface area contributed by atoms with E-state index in [-0.39, 0.29) is 27.6 Å². The minimum atomic E-state index is -0.166. The van der Waals surface area contributed by atoms with Crippen LogP contribution in [0.15, 0.2) is 91.0 Å². The number of unbranched alkanes of at least 4 members (excludes halogenated alkanes) is 3. The molecule has 2 heteroatoms. The van der Waals surface area contributed by atoms with E-state index in [0.717, 1.165) is 38.5 Å². The molecule has 19 rings (SSSR count). The van der Waals surface area contributed by atoms with Gasteiger partial charge >= 0.3 is 5.97 Å². The summed E-state index contributed by atoms with van der Waals surface area (Å²) in [5, 5.41) is 27.1. The Kier molecular flexibility index (Phi) is 5.26. The van der Waals surface area contributed by atoms with Gasteiger partial charge in [0, 0.05) is 34.0 Å². The molecule has 1 spiro atoms. The Morgan fingerprint density at radius 2 is 1.38 bits per heavy atom. The van der Waals surface area contributed by atoms with Gasteiger partial charge in [-0.1, -0.05) is 118 Å². The largest absolute Gasteiger partial charge is 0.469 e. The van der Waals surface area contributed by atoms with Crippen LogP contribution in [0.3, 0.4) is 0 Å². The first-order valence-electron chi connectivity index (χ1n) is 25.5. The van der Waals surface area contributed by atoms with Crippen molar-refractivity contribution in [1.82, 2.24) is 0 Å². The number of hydrogen-bond donors (Lipinski definition) is 0. The van der Waals surface area contributed by atoms with Gasteiger partial charge in [-0.05, 0) is 209 Å². The molecule has 66 heavy (non-hydrogen) atoms. The zero-order valence-corrected chi connectivity index (χ0v) is 37.5. The number of methoxy groups -OCH3 is 1. The highest BCUT2D eigenvalue weighted by Gasteiger charge is 2.90. The van der Waals surface area contributed by atoms with E-state index in [0.29, 0.717) is 18.3 Å². The van der Waals surface area contributed by atoms with Gasteiger partial charge in [-0.3, -0.25) is 4.79 Å². The fraction of sp³-hybridized carbons (Fsp3) is 0.297. The van der Waals surface area contributed by atoms with Gasteiger partial charge in [0.25, 0.3) is 0 Å². The highest BCUT2D eigenvalue weighted by atomic mass is 16.5. The van der Waals surface area contributed by atoms with Crippen molar-refractivity contribution in [3.8, 4) is 0 Å². The third-order valence-corrected chi connectivity index (χ3v) is 21.0. The molecule has 1 saturated carbocycles. The number of hydrogen-bond acceptors (Lipinski definition) is 2. The summed E-state index contributed by atoms with van der Waals surface area (Å²) in [6.07, 6.45) is 17.5. The minimum absolute atomic E-state index is 0.0436. The van der Waals surface area contributed by atoms with E-state index >= 15 is 0 Å². The molecule has 0 saturated heterocycles. The smallest absolute Gasteiger partial charge is 0.305 e. The van der Waals surface area contributed by atoms with Crippen molar-refractivity contribution in [1.29, 1.82) is 0 Å². The highest BCUT2D eigenvalue weighted by molar-refractivity contribution is 6.56. The maximum Gasteiger partial charge on any atom is 0.305 e. The number of carbonyl (C=O) groups is 1. The van der Waals surface area contributed by atoms with Crippen LogP contribution in [-0.4, -0.2) is 13.1 Å². The molecule has 8 aliphatic carbocycles. The topological polar surface area (TPSA) is 26.3 Å². The molecule has 0 bridgehead atoms. The Morgan fingerprint density at radius 1 is 0.652 bits per heavy atom. The summed E-state index contributed by atoms with van der Waals surface area (Å²) in [5.74, 6) is 0.688. The maximum absolute atomic E-state index is 12.6. The van der Waals surface area contributed by atoms with Crippen LogP contribution in [0.2, 0.25) is 0 Å². The van der Waals surface area contributed by atoms with Crippen LogP contribution in [0, 0.1) is 10.8 Å². The normalized spacial score (nSPS) is 27.2. The SMILES string of the molecule is CCCCCC(c1ccccc1)C12C=C3Cc4cc5c6c7c8c9c%10c(c3c4c69)C1c1c3c(cc4cc6cc9c(c%11c6c(c43)c(c1%10)c%118)C71C(C=9)(C5)C1(CCCCC(=O)OC)c1ccccc1)C2. The second-order valence-electron chi connectivity index (χ2n) is 22.8. The lowest BCUT2D eigenvalue weighted by Crippen LogP contribution is -2.40. The summed E-state index contributed by atoms with van der Waals surface area (Å²) in [5.41, 5.74) is 17.5. The standard InChI is InChI=1S/C64H46O2/c1-3-4-7-18-39(30-14-8-5-9-15-30)61-26-34-22-31-21-32-25-37-29-62-28-36-24-33-23-35(27-61)45-42(33)48-46(36)60-57-50(48)52-51-49-47(41(31)44(34)55(51)59(61)56(45)52)43(32)54(53(49)57)58(37)64(60,62)63(62,38-16-10-6-11-17-38)20-13-12-19-40(65)66-2/h5-6,8-11,14-17,21-22,24-25,27,29,39,59H,3-4,7,12-13,18-20,23,26,28H2,1-2H3.